The first-order valence-electron chi connectivity index (χ1n) is 3.68. The molecule has 0 aliphatic carbocycles. The van der Waals surface area contributed by atoms with Crippen LogP contribution in [0.4, 0.5) is 13.2 Å². The van der Waals surface area contributed by atoms with Gasteiger partial charge >= 0.3 is 15.5 Å². The van der Waals surface area contributed by atoms with Crippen LogP contribution >= 0.6 is 0 Å². The molecule has 0 radical (unpaired) electrons. The normalized spacial score (nSPS) is 15.2. The zero-order valence-electron chi connectivity index (χ0n) is 7.41. The van der Waals surface area contributed by atoms with Gasteiger partial charge in [-0.3, -0.25) is 5.10 Å². The lowest BCUT2D eigenvalue weighted by molar-refractivity contribution is -0.0450. The van der Waals surface area contributed by atoms with Gasteiger partial charge in [0.2, 0.25) is 0 Å². The van der Waals surface area contributed by atoms with Crippen molar-refractivity contribution in [2.45, 2.75) is 18.5 Å². The van der Waals surface area contributed by atoms with Crippen LogP contribution in [0.3, 0.4) is 0 Å². The number of halogens is 3. The summed E-state index contributed by atoms with van der Waals surface area (Å²) >= 11 is 0. The zero-order valence-corrected chi connectivity index (χ0v) is 8.22. The lowest BCUT2D eigenvalue weighted by Crippen LogP contribution is -2.38. The van der Waals surface area contributed by atoms with E-state index in [0.717, 1.165) is 6.33 Å². The number of nitrogens with zero attached hydrogens (tertiary/aromatic N) is 2. The molecule has 15 heavy (non-hydrogen) atoms. The molecule has 1 heterocycles. The number of hydrogen-bond donors (Lipinski definition) is 2. The predicted octanol–water partition coefficient (Wildman–Crippen LogP) is 0.305. The molecule has 0 aromatic carbocycles. The predicted molar refractivity (Wildman–Crippen MR) is 42.9 cm³/mol. The Morgan fingerprint density at radius 2 is 2.13 bits per heavy atom. The van der Waals surface area contributed by atoms with Crippen LogP contribution in [0, 0.1) is 0 Å². The minimum Gasteiger partial charge on any atom is -0.262 e. The van der Waals surface area contributed by atoms with Gasteiger partial charge in [0.25, 0.3) is 0 Å². The Morgan fingerprint density at radius 3 is 2.53 bits per heavy atom. The van der Waals surface area contributed by atoms with E-state index in [2.05, 4.69) is 15.2 Å². The molecule has 1 unspecified atom stereocenters. The first-order valence-corrected chi connectivity index (χ1v) is 5.16. The number of nitrogens with one attached hydrogen (secondary N) is 2. The molecule has 10 heteroatoms. The maximum atomic E-state index is 11.9. The number of alkyl halides is 3. The third-order valence-corrected chi connectivity index (χ3v) is 2.75. The van der Waals surface area contributed by atoms with Crippen LogP contribution in [0.5, 0.6) is 0 Å². The zero-order chi connectivity index (χ0) is 11.7. The van der Waals surface area contributed by atoms with Crippen LogP contribution in [0.15, 0.2) is 6.33 Å². The molecule has 1 rings (SSSR count). The van der Waals surface area contributed by atoms with E-state index in [1.807, 2.05) is 0 Å². The van der Waals surface area contributed by atoms with Crippen LogP contribution in [0.25, 0.3) is 0 Å². The van der Waals surface area contributed by atoms with Gasteiger partial charge in [0.05, 0.1) is 6.04 Å². The summed E-state index contributed by atoms with van der Waals surface area (Å²) in [6, 6.07) is -1.13. The van der Waals surface area contributed by atoms with Crippen LogP contribution in [-0.2, 0) is 10.0 Å². The molecule has 1 atom stereocenters. The molecule has 0 spiro atoms. The van der Waals surface area contributed by atoms with Crippen molar-refractivity contribution in [2.24, 2.45) is 0 Å². The van der Waals surface area contributed by atoms with Crippen molar-refractivity contribution < 1.29 is 21.6 Å². The Bertz CT molecular complexity index is 412. The summed E-state index contributed by atoms with van der Waals surface area (Å²) in [4.78, 5) is 3.52. The van der Waals surface area contributed by atoms with Crippen molar-refractivity contribution in [1.29, 1.82) is 0 Å². The minimum absolute atomic E-state index is 0.00262. The molecule has 0 aliphatic rings. The molecule has 0 bridgehead atoms. The minimum atomic E-state index is -5.36. The van der Waals surface area contributed by atoms with Crippen LogP contribution in [0.2, 0.25) is 0 Å². The van der Waals surface area contributed by atoms with Gasteiger partial charge < -0.3 is 0 Å². The molecule has 1 aromatic rings. The average molecular weight is 244 g/mol. The van der Waals surface area contributed by atoms with Gasteiger partial charge in [-0.1, -0.05) is 0 Å². The highest BCUT2D eigenvalue weighted by atomic mass is 32.2. The molecule has 0 saturated heterocycles. The van der Waals surface area contributed by atoms with E-state index in [1.165, 1.54) is 11.6 Å². The molecule has 2 N–H and O–H groups in total. The number of sulfonamides is 1. The Labute approximate surface area is 83.0 Å². The molecule has 1 aromatic heterocycles. The fourth-order valence-corrected chi connectivity index (χ4v) is 1.49. The monoisotopic (exact) mass is 244 g/mol. The van der Waals surface area contributed by atoms with Gasteiger partial charge in [-0.05, 0) is 6.92 Å². The Kier molecular flexibility index (Phi) is 3.00. The van der Waals surface area contributed by atoms with Gasteiger partial charge in [0.15, 0.2) is 0 Å². The second kappa shape index (κ2) is 3.77. The molecule has 0 aliphatic heterocycles. The van der Waals surface area contributed by atoms with E-state index in [-0.39, 0.29) is 5.82 Å². The highest BCUT2D eigenvalue weighted by Gasteiger charge is 2.46. The van der Waals surface area contributed by atoms with Crippen molar-refractivity contribution in [3.05, 3.63) is 12.2 Å². The van der Waals surface area contributed by atoms with E-state index < -0.39 is 21.6 Å². The molecule has 86 valence electrons. The number of aromatic nitrogens is 3. The quantitative estimate of drug-likeness (QED) is 0.800. The number of aromatic amines is 1. The van der Waals surface area contributed by atoms with Gasteiger partial charge in [0, 0.05) is 0 Å². The fourth-order valence-electron chi connectivity index (χ4n) is 0.779. The van der Waals surface area contributed by atoms with Gasteiger partial charge in [-0.15, -0.1) is 0 Å². The maximum Gasteiger partial charge on any atom is 0.511 e. The van der Waals surface area contributed by atoms with Crippen molar-refractivity contribution in [2.75, 3.05) is 0 Å². The lowest BCUT2D eigenvalue weighted by atomic mass is 10.3. The standard InChI is InChI=1S/C5H7F3N4O2S/c1-3(4-9-2-10-11-4)12-15(13,14)5(6,7)8/h2-3,12H,1H3,(H,9,10,11). The Balaban J connectivity index is 2.80. The van der Waals surface area contributed by atoms with Crippen molar-refractivity contribution in [1.82, 2.24) is 19.9 Å². The number of rotatable bonds is 3. The van der Waals surface area contributed by atoms with E-state index in [9.17, 15) is 21.6 Å². The Morgan fingerprint density at radius 1 is 1.53 bits per heavy atom. The molecule has 6 nitrogen and oxygen atoms in total. The summed E-state index contributed by atoms with van der Waals surface area (Å²) in [5, 5.41) is 5.64. The van der Waals surface area contributed by atoms with Crippen LogP contribution in [0.1, 0.15) is 18.8 Å². The lowest BCUT2D eigenvalue weighted by Gasteiger charge is -2.13. The third kappa shape index (κ3) is 2.65. The van der Waals surface area contributed by atoms with Gasteiger partial charge in [-0.2, -0.15) is 23.0 Å². The van der Waals surface area contributed by atoms with Gasteiger partial charge in [0.1, 0.15) is 12.2 Å². The topological polar surface area (TPSA) is 87.7 Å². The highest BCUT2D eigenvalue weighted by molar-refractivity contribution is 7.90. The first-order chi connectivity index (χ1) is 6.74. The summed E-state index contributed by atoms with van der Waals surface area (Å²) < 4.78 is 58.5. The summed E-state index contributed by atoms with van der Waals surface area (Å²) in [6.45, 7) is 1.21. The van der Waals surface area contributed by atoms with Crippen molar-refractivity contribution in [3.63, 3.8) is 0 Å². The van der Waals surface area contributed by atoms with E-state index >= 15 is 0 Å². The molecular formula is C5H7F3N4O2S. The second-order valence-corrected chi connectivity index (χ2v) is 4.36. The third-order valence-electron chi connectivity index (χ3n) is 1.48. The molecular weight excluding hydrogens is 237 g/mol. The average Bonchev–Trinajstić information content (AvgIpc) is 2.51. The number of hydrogen-bond acceptors (Lipinski definition) is 4. The highest BCUT2D eigenvalue weighted by Crippen LogP contribution is 2.23. The Hall–Kier alpha value is -1.16. The fraction of sp³-hybridized carbons (Fsp3) is 0.600. The van der Waals surface area contributed by atoms with Crippen LogP contribution < -0.4 is 4.72 Å². The summed E-state index contributed by atoms with van der Waals surface area (Å²) in [5.41, 5.74) is -5.33. The van der Waals surface area contributed by atoms with E-state index in [1.54, 1.807) is 0 Å². The number of H-pyrrole nitrogens is 1. The summed E-state index contributed by atoms with van der Waals surface area (Å²) in [6.07, 6.45) is 1.06. The smallest absolute Gasteiger partial charge is 0.262 e. The SMILES string of the molecule is CC(NS(=O)(=O)C(F)(F)F)c1ncn[nH]1. The van der Waals surface area contributed by atoms with E-state index in [0.29, 0.717) is 0 Å². The van der Waals surface area contributed by atoms with Crippen molar-refractivity contribution in [3.8, 4) is 0 Å². The maximum absolute atomic E-state index is 11.9. The molecule has 0 amide bonds. The summed E-state index contributed by atoms with van der Waals surface area (Å²) in [5.74, 6) is 0.00262. The summed E-state index contributed by atoms with van der Waals surface area (Å²) in [7, 11) is -5.36. The second-order valence-electron chi connectivity index (χ2n) is 2.66. The molecule has 0 fully saturated rings. The van der Waals surface area contributed by atoms with Crippen LogP contribution in [-0.4, -0.2) is 29.1 Å². The molecule has 0 saturated carbocycles. The van der Waals surface area contributed by atoms with E-state index in [4.69, 9.17) is 0 Å². The largest absolute Gasteiger partial charge is 0.511 e. The van der Waals surface area contributed by atoms with Gasteiger partial charge in [-0.25, -0.2) is 13.4 Å². The first kappa shape index (κ1) is 11.9. The van der Waals surface area contributed by atoms with Crippen molar-refractivity contribution >= 4 is 10.0 Å².